The number of hydrogen-bond donors (Lipinski definition) is 2. The summed E-state index contributed by atoms with van der Waals surface area (Å²) in [6.45, 7) is 4.33. The molecule has 2 heterocycles. The van der Waals surface area contributed by atoms with Crippen molar-refractivity contribution in [2.75, 3.05) is 29.9 Å². The van der Waals surface area contributed by atoms with E-state index in [1.54, 1.807) is 6.20 Å². The Bertz CT molecular complexity index is 380. The number of piperidine rings is 1. The fraction of sp³-hybridized carbons (Fsp3) is 0.636. The van der Waals surface area contributed by atoms with E-state index in [-0.39, 0.29) is 6.10 Å². The van der Waals surface area contributed by atoms with Gasteiger partial charge in [-0.1, -0.05) is 11.6 Å². The number of halogens is 1. The third kappa shape index (κ3) is 2.98. The van der Waals surface area contributed by atoms with Gasteiger partial charge in [0.2, 0.25) is 5.95 Å². The van der Waals surface area contributed by atoms with E-state index in [0.717, 1.165) is 38.3 Å². The van der Waals surface area contributed by atoms with Gasteiger partial charge in [0.25, 0.3) is 0 Å². The summed E-state index contributed by atoms with van der Waals surface area (Å²) in [5, 5.41) is 13.1. The summed E-state index contributed by atoms with van der Waals surface area (Å²) in [7, 11) is 0. The lowest BCUT2D eigenvalue weighted by molar-refractivity contribution is 0.145. The number of aromatic nitrogens is 2. The summed E-state index contributed by atoms with van der Waals surface area (Å²) in [5.74, 6) is 1.35. The molecular weight excluding hydrogens is 240 g/mol. The maximum absolute atomic E-state index is 9.48. The molecule has 17 heavy (non-hydrogen) atoms. The first-order valence-corrected chi connectivity index (χ1v) is 6.28. The Morgan fingerprint density at radius 1 is 1.53 bits per heavy atom. The standard InChI is InChI=1S/C11H17ClN4O/c1-2-13-11-14-7-9(12)10(15-11)16-5-3-8(17)4-6-16/h7-8,17H,2-6H2,1H3,(H,13,14,15). The lowest BCUT2D eigenvalue weighted by Gasteiger charge is -2.31. The fourth-order valence-corrected chi connectivity index (χ4v) is 2.11. The Hall–Kier alpha value is -1.07. The minimum atomic E-state index is -0.194. The molecule has 0 amide bonds. The van der Waals surface area contributed by atoms with Gasteiger partial charge in [0.15, 0.2) is 5.82 Å². The second-order valence-electron chi connectivity index (χ2n) is 4.11. The van der Waals surface area contributed by atoms with Crippen molar-refractivity contribution in [3.8, 4) is 0 Å². The second kappa shape index (κ2) is 5.51. The average molecular weight is 257 g/mol. The van der Waals surface area contributed by atoms with Crippen LogP contribution in [-0.4, -0.2) is 40.8 Å². The zero-order chi connectivity index (χ0) is 12.3. The molecule has 0 atom stereocenters. The number of aliphatic hydroxyl groups excluding tert-OH is 1. The van der Waals surface area contributed by atoms with Crippen molar-refractivity contribution in [3.63, 3.8) is 0 Å². The second-order valence-corrected chi connectivity index (χ2v) is 4.52. The van der Waals surface area contributed by atoms with Gasteiger partial charge in [-0.05, 0) is 19.8 Å². The molecule has 1 aromatic heterocycles. The topological polar surface area (TPSA) is 61.3 Å². The van der Waals surface area contributed by atoms with Gasteiger partial charge in [-0.15, -0.1) is 0 Å². The molecular formula is C11H17ClN4O. The van der Waals surface area contributed by atoms with Gasteiger partial charge in [0.1, 0.15) is 5.02 Å². The molecule has 1 aliphatic heterocycles. The molecule has 94 valence electrons. The third-order valence-corrected chi connectivity index (χ3v) is 3.09. The first kappa shape index (κ1) is 12.4. The van der Waals surface area contributed by atoms with Crippen LogP contribution in [0, 0.1) is 0 Å². The van der Waals surface area contributed by atoms with Crippen LogP contribution in [0.15, 0.2) is 6.20 Å². The highest BCUT2D eigenvalue weighted by Gasteiger charge is 2.20. The largest absolute Gasteiger partial charge is 0.393 e. The van der Waals surface area contributed by atoms with Crippen LogP contribution in [-0.2, 0) is 0 Å². The lowest BCUT2D eigenvalue weighted by Crippen LogP contribution is -2.36. The summed E-state index contributed by atoms with van der Waals surface area (Å²) < 4.78 is 0. The van der Waals surface area contributed by atoms with Crippen LogP contribution in [0.25, 0.3) is 0 Å². The maximum Gasteiger partial charge on any atom is 0.224 e. The number of nitrogens with one attached hydrogen (secondary N) is 1. The van der Waals surface area contributed by atoms with Crippen LogP contribution < -0.4 is 10.2 Å². The molecule has 0 spiro atoms. The summed E-state index contributed by atoms with van der Waals surface area (Å²) in [6.07, 6.45) is 2.95. The highest BCUT2D eigenvalue weighted by Crippen LogP contribution is 2.26. The van der Waals surface area contributed by atoms with E-state index in [0.29, 0.717) is 11.0 Å². The van der Waals surface area contributed by atoms with Crippen LogP contribution in [0.1, 0.15) is 19.8 Å². The van der Waals surface area contributed by atoms with Gasteiger partial charge in [0, 0.05) is 19.6 Å². The van der Waals surface area contributed by atoms with Gasteiger partial charge in [0.05, 0.1) is 12.3 Å². The Kier molecular flexibility index (Phi) is 4.02. The van der Waals surface area contributed by atoms with E-state index in [9.17, 15) is 5.11 Å². The Morgan fingerprint density at radius 2 is 2.24 bits per heavy atom. The molecule has 0 unspecified atom stereocenters. The number of nitrogens with zero attached hydrogens (tertiary/aromatic N) is 3. The SMILES string of the molecule is CCNc1ncc(Cl)c(N2CCC(O)CC2)n1. The maximum atomic E-state index is 9.48. The lowest BCUT2D eigenvalue weighted by atomic mass is 10.1. The van der Waals surface area contributed by atoms with Gasteiger partial charge in [-0.2, -0.15) is 4.98 Å². The summed E-state index contributed by atoms with van der Waals surface area (Å²) >= 11 is 6.11. The van der Waals surface area contributed by atoms with Crippen LogP contribution in [0.3, 0.4) is 0 Å². The molecule has 5 nitrogen and oxygen atoms in total. The molecule has 0 bridgehead atoms. The quantitative estimate of drug-likeness (QED) is 0.859. The van der Waals surface area contributed by atoms with E-state index >= 15 is 0 Å². The minimum Gasteiger partial charge on any atom is -0.393 e. The van der Waals surface area contributed by atoms with Gasteiger partial charge < -0.3 is 15.3 Å². The van der Waals surface area contributed by atoms with E-state index in [2.05, 4.69) is 20.2 Å². The van der Waals surface area contributed by atoms with Gasteiger partial charge >= 0.3 is 0 Å². The van der Waals surface area contributed by atoms with Crippen molar-refractivity contribution in [2.45, 2.75) is 25.9 Å². The molecule has 1 aromatic rings. The van der Waals surface area contributed by atoms with Crippen molar-refractivity contribution >= 4 is 23.4 Å². The molecule has 2 N–H and O–H groups in total. The smallest absolute Gasteiger partial charge is 0.224 e. The third-order valence-electron chi connectivity index (χ3n) is 2.82. The molecule has 1 fully saturated rings. The highest BCUT2D eigenvalue weighted by atomic mass is 35.5. The number of rotatable bonds is 3. The van der Waals surface area contributed by atoms with Gasteiger partial charge in [-0.3, -0.25) is 0 Å². The average Bonchev–Trinajstić information content (AvgIpc) is 2.33. The van der Waals surface area contributed by atoms with Crippen LogP contribution in [0.4, 0.5) is 11.8 Å². The molecule has 1 aliphatic rings. The zero-order valence-corrected chi connectivity index (χ0v) is 10.6. The number of hydrogen-bond acceptors (Lipinski definition) is 5. The summed E-state index contributed by atoms with van der Waals surface area (Å²) in [4.78, 5) is 10.6. The Morgan fingerprint density at radius 3 is 2.88 bits per heavy atom. The predicted molar refractivity (Wildman–Crippen MR) is 68.7 cm³/mol. The molecule has 0 aliphatic carbocycles. The molecule has 6 heteroatoms. The van der Waals surface area contributed by atoms with E-state index in [1.165, 1.54) is 0 Å². The number of anilines is 2. The van der Waals surface area contributed by atoms with Crippen molar-refractivity contribution < 1.29 is 5.11 Å². The van der Waals surface area contributed by atoms with Gasteiger partial charge in [-0.25, -0.2) is 4.98 Å². The fourth-order valence-electron chi connectivity index (χ4n) is 1.90. The van der Waals surface area contributed by atoms with Crippen LogP contribution in [0.2, 0.25) is 5.02 Å². The van der Waals surface area contributed by atoms with E-state index in [1.807, 2.05) is 6.92 Å². The molecule has 0 aromatic carbocycles. The summed E-state index contributed by atoms with van der Waals surface area (Å²) in [6, 6.07) is 0. The van der Waals surface area contributed by atoms with Crippen molar-refractivity contribution in [3.05, 3.63) is 11.2 Å². The molecule has 2 rings (SSSR count). The van der Waals surface area contributed by atoms with E-state index < -0.39 is 0 Å². The molecule has 1 saturated heterocycles. The molecule has 0 saturated carbocycles. The normalized spacial score (nSPS) is 17.2. The van der Waals surface area contributed by atoms with Crippen molar-refractivity contribution in [2.24, 2.45) is 0 Å². The molecule has 0 radical (unpaired) electrons. The number of aliphatic hydroxyl groups is 1. The minimum absolute atomic E-state index is 0.194. The van der Waals surface area contributed by atoms with Crippen molar-refractivity contribution in [1.29, 1.82) is 0 Å². The first-order valence-electron chi connectivity index (χ1n) is 5.90. The first-order chi connectivity index (χ1) is 8.20. The zero-order valence-electron chi connectivity index (χ0n) is 9.86. The summed E-state index contributed by atoms with van der Waals surface area (Å²) in [5.41, 5.74) is 0. The Balaban J connectivity index is 2.15. The predicted octanol–water partition coefficient (Wildman–Crippen LogP) is 1.52. The Labute approximate surface area is 106 Å². The van der Waals surface area contributed by atoms with Crippen LogP contribution in [0.5, 0.6) is 0 Å². The van der Waals surface area contributed by atoms with E-state index in [4.69, 9.17) is 11.6 Å². The monoisotopic (exact) mass is 256 g/mol. The van der Waals surface area contributed by atoms with Crippen LogP contribution >= 0.6 is 11.6 Å². The van der Waals surface area contributed by atoms with Crippen molar-refractivity contribution in [1.82, 2.24) is 9.97 Å². The highest BCUT2D eigenvalue weighted by molar-refractivity contribution is 6.32.